The molecule has 7 nitrogen and oxygen atoms in total. The normalized spacial score (nSPS) is 10.8. The lowest BCUT2D eigenvalue weighted by Crippen LogP contribution is -2.20. The zero-order valence-corrected chi connectivity index (χ0v) is 19.3. The van der Waals surface area contributed by atoms with Gasteiger partial charge >= 0.3 is 0 Å². The number of rotatable bonds is 10. The van der Waals surface area contributed by atoms with Crippen LogP contribution in [-0.4, -0.2) is 32.2 Å². The summed E-state index contributed by atoms with van der Waals surface area (Å²) in [6.45, 7) is 2.64. The summed E-state index contributed by atoms with van der Waals surface area (Å²) in [7, 11) is 4.65. The minimum Gasteiger partial charge on any atom is -0.493 e. The third kappa shape index (κ3) is 6.01. The van der Waals surface area contributed by atoms with Crippen LogP contribution >= 0.6 is 11.3 Å². The fraction of sp³-hybridized carbons (Fsp3) is 0.250. The predicted molar refractivity (Wildman–Crippen MR) is 125 cm³/mol. The third-order valence-electron chi connectivity index (χ3n) is 4.57. The van der Waals surface area contributed by atoms with E-state index in [0.717, 1.165) is 21.8 Å². The first kappa shape index (κ1) is 23.1. The van der Waals surface area contributed by atoms with Gasteiger partial charge in [0.15, 0.2) is 11.5 Å². The molecule has 0 saturated carbocycles. The molecule has 0 atom stereocenters. The summed E-state index contributed by atoms with van der Waals surface area (Å²) < 4.78 is 21.9. The molecule has 0 fully saturated rings. The molecule has 168 valence electrons. The number of ether oxygens (including phenoxy) is 4. The summed E-state index contributed by atoms with van der Waals surface area (Å²) in [4.78, 5) is 16.8. The molecule has 1 amide bonds. The highest BCUT2D eigenvalue weighted by atomic mass is 32.1. The Kier molecular flexibility index (Phi) is 8.10. The number of nitrogens with one attached hydrogen (secondary N) is 1. The molecule has 3 rings (SSSR count). The number of benzene rings is 2. The Hall–Kier alpha value is -3.52. The van der Waals surface area contributed by atoms with E-state index in [1.165, 1.54) is 6.08 Å². The standard InChI is InChI=1S/C24H26N2O5S/c1-16-26-19(15-32-16)14-31-20-8-6-5-7-18(20)9-10-23(27)25-13-17-11-21(28-2)24(30-4)22(12-17)29-3/h5-12,15H,13-14H2,1-4H3,(H,25,27)/b10-9+. The van der Waals surface area contributed by atoms with Crippen molar-refractivity contribution >= 4 is 23.3 Å². The molecular weight excluding hydrogens is 428 g/mol. The van der Waals surface area contributed by atoms with Crippen LogP contribution in [0.1, 0.15) is 21.8 Å². The molecule has 0 aliphatic rings. The van der Waals surface area contributed by atoms with Gasteiger partial charge in [-0.2, -0.15) is 0 Å². The van der Waals surface area contributed by atoms with E-state index in [-0.39, 0.29) is 5.91 Å². The van der Waals surface area contributed by atoms with Gasteiger partial charge in [-0.3, -0.25) is 4.79 Å². The molecule has 1 N–H and O–H groups in total. The minimum absolute atomic E-state index is 0.233. The van der Waals surface area contributed by atoms with Crippen molar-refractivity contribution in [2.24, 2.45) is 0 Å². The highest BCUT2D eigenvalue weighted by Crippen LogP contribution is 2.38. The van der Waals surface area contributed by atoms with Gasteiger partial charge in [-0.25, -0.2) is 4.98 Å². The Balaban J connectivity index is 1.62. The molecule has 0 unspecified atom stereocenters. The lowest BCUT2D eigenvalue weighted by atomic mass is 10.1. The van der Waals surface area contributed by atoms with E-state index in [1.54, 1.807) is 50.9 Å². The lowest BCUT2D eigenvalue weighted by molar-refractivity contribution is -0.116. The maximum Gasteiger partial charge on any atom is 0.244 e. The Morgan fingerprint density at radius 1 is 1.06 bits per heavy atom. The van der Waals surface area contributed by atoms with E-state index in [0.29, 0.717) is 36.1 Å². The number of nitrogens with zero attached hydrogens (tertiary/aromatic N) is 1. The number of hydrogen-bond donors (Lipinski definition) is 1. The summed E-state index contributed by atoms with van der Waals surface area (Å²) in [5, 5.41) is 5.84. The van der Waals surface area contributed by atoms with Gasteiger partial charge in [-0.15, -0.1) is 11.3 Å². The van der Waals surface area contributed by atoms with Gasteiger partial charge in [0, 0.05) is 23.6 Å². The van der Waals surface area contributed by atoms with E-state index in [9.17, 15) is 4.79 Å². The van der Waals surface area contributed by atoms with Crippen LogP contribution in [0.15, 0.2) is 47.9 Å². The molecule has 0 bridgehead atoms. The third-order valence-corrected chi connectivity index (χ3v) is 5.39. The molecule has 0 spiro atoms. The average Bonchev–Trinajstić information content (AvgIpc) is 3.24. The van der Waals surface area contributed by atoms with E-state index in [2.05, 4.69) is 10.3 Å². The maximum atomic E-state index is 12.4. The Morgan fingerprint density at radius 2 is 1.78 bits per heavy atom. The molecule has 0 saturated heterocycles. The van der Waals surface area contributed by atoms with Gasteiger partial charge in [0.05, 0.1) is 32.0 Å². The van der Waals surface area contributed by atoms with Crippen LogP contribution in [0.4, 0.5) is 0 Å². The van der Waals surface area contributed by atoms with Crippen LogP contribution in [-0.2, 0) is 17.9 Å². The second kappa shape index (κ2) is 11.2. The maximum absolute atomic E-state index is 12.4. The number of carbonyl (C=O) groups is 1. The molecule has 0 radical (unpaired) electrons. The van der Waals surface area contributed by atoms with Gasteiger partial charge in [0.1, 0.15) is 12.4 Å². The number of para-hydroxylation sites is 1. The SMILES string of the molecule is COc1cc(CNC(=O)/C=C/c2ccccc2OCc2csc(C)n2)cc(OC)c1OC. The minimum atomic E-state index is -0.233. The fourth-order valence-corrected chi connectivity index (χ4v) is 3.62. The van der Waals surface area contributed by atoms with Crippen LogP contribution in [0.3, 0.4) is 0 Å². The molecule has 32 heavy (non-hydrogen) atoms. The van der Waals surface area contributed by atoms with Crippen molar-refractivity contribution in [1.82, 2.24) is 10.3 Å². The average molecular weight is 455 g/mol. The molecular formula is C24H26N2O5S. The first-order chi connectivity index (χ1) is 15.5. The smallest absolute Gasteiger partial charge is 0.244 e. The zero-order valence-electron chi connectivity index (χ0n) is 18.5. The number of hydrogen-bond acceptors (Lipinski definition) is 7. The van der Waals surface area contributed by atoms with E-state index in [4.69, 9.17) is 18.9 Å². The number of carbonyl (C=O) groups excluding carboxylic acids is 1. The molecule has 8 heteroatoms. The van der Waals surface area contributed by atoms with E-state index in [1.807, 2.05) is 36.6 Å². The van der Waals surface area contributed by atoms with Gasteiger partial charge in [0.2, 0.25) is 11.7 Å². The van der Waals surface area contributed by atoms with Crippen LogP contribution in [0.25, 0.3) is 6.08 Å². The van der Waals surface area contributed by atoms with Crippen molar-refractivity contribution < 1.29 is 23.7 Å². The van der Waals surface area contributed by atoms with E-state index < -0.39 is 0 Å². The molecule has 0 aliphatic heterocycles. The summed E-state index contributed by atoms with van der Waals surface area (Å²) in [5.41, 5.74) is 2.51. The van der Waals surface area contributed by atoms with Crippen LogP contribution < -0.4 is 24.3 Å². The van der Waals surface area contributed by atoms with Crippen molar-refractivity contribution in [3.63, 3.8) is 0 Å². The summed E-state index contributed by atoms with van der Waals surface area (Å²) in [6, 6.07) is 11.2. The highest BCUT2D eigenvalue weighted by molar-refractivity contribution is 7.09. The molecule has 1 aromatic heterocycles. The van der Waals surface area contributed by atoms with Crippen molar-refractivity contribution in [2.75, 3.05) is 21.3 Å². The number of thiazole rings is 1. The zero-order chi connectivity index (χ0) is 22.9. The van der Waals surface area contributed by atoms with Gasteiger partial charge in [0.25, 0.3) is 0 Å². The van der Waals surface area contributed by atoms with Crippen LogP contribution in [0.5, 0.6) is 23.0 Å². The fourth-order valence-electron chi connectivity index (χ4n) is 3.03. The monoisotopic (exact) mass is 454 g/mol. The molecule has 3 aromatic rings. The summed E-state index contributed by atoms with van der Waals surface area (Å²) >= 11 is 1.59. The second-order valence-corrected chi connectivity index (χ2v) is 7.83. The number of aryl methyl sites for hydroxylation is 1. The van der Waals surface area contributed by atoms with Crippen molar-refractivity contribution in [3.8, 4) is 23.0 Å². The number of amides is 1. The first-order valence-electron chi connectivity index (χ1n) is 9.91. The Bertz CT molecular complexity index is 1070. The first-order valence-corrected chi connectivity index (χ1v) is 10.8. The Morgan fingerprint density at radius 3 is 2.41 bits per heavy atom. The van der Waals surface area contributed by atoms with Gasteiger partial charge in [-0.05, 0) is 36.8 Å². The van der Waals surface area contributed by atoms with Gasteiger partial charge < -0.3 is 24.3 Å². The number of aromatic nitrogens is 1. The van der Waals surface area contributed by atoms with Crippen molar-refractivity contribution in [2.45, 2.75) is 20.1 Å². The molecule has 0 aliphatic carbocycles. The van der Waals surface area contributed by atoms with Crippen LogP contribution in [0.2, 0.25) is 0 Å². The molecule has 1 heterocycles. The number of methoxy groups -OCH3 is 3. The largest absolute Gasteiger partial charge is 0.493 e. The molecule has 2 aromatic carbocycles. The summed E-state index contributed by atoms with van der Waals surface area (Å²) in [6.07, 6.45) is 3.21. The van der Waals surface area contributed by atoms with Crippen molar-refractivity contribution in [3.05, 3.63) is 69.7 Å². The predicted octanol–water partition coefficient (Wildman–Crippen LogP) is 4.39. The van der Waals surface area contributed by atoms with Crippen molar-refractivity contribution in [1.29, 1.82) is 0 Å². The van der Waals surface area contributed by atoms with Crippen LogP contribution in [0, 0.1) is 6.92 Å². The summed E-state index contributed by atoms with van der Waals surface area (Å²) in [5.74, 6) is 2.03. The lowest BCUT2D eigenvalue weighted by Gasteiger charge is -2.14. The van der Waals surface area contributed by atoms with Gasteiger partial charge in [-0.1, -0.05) is 18.2 Å². The second-order valence-electron chi connectivity index (χ2n) is 6.77. The highest BCUT2D eigenvalue weighted by Gasteiger charge is 2.13. The van der Waals surface area contributed by atoms with E-state index >= 15 is 0 Å². The topological polar surface area (TPSA) is 78.9 Å². The quantitative estimate of drug-likeness (QED) is 0.458. The Labute approximate surface area is 191 Å².